The van der Waals surface area contributed by atoms with E-state index in [0.29, 0.717) is 5.95 Å². The van der Waals surface area contributed by atoms with Crippen LogP contribution in [-0.2, 0) is 9.53 Å². The minimum Gasteiger partial charge on any atom is -0.467 e. The number of esters is 1. The number of ether oxygens (including phenoxy) is 1. The van der Waals surface area contributed by atoms with Gasteiger partial charge >= 0.3 is 5.97 Å². The number of H-pyrrole nitrogens is 1. The van der Waals surface area contributed by atoms with Gasteiger partial charge in [-0.15, -0.1) is 0 Å². The fraction of sp³-hybridized carbons (Fsp3) is 0.308. The van der Waals surface area contributed by atoms with Crippen LogP contribution in [0, 0.1) is 0 Å². The first kappa shape index (κ1) is 13.1. The van der Waals surface area contributed by atoms with Crippen LogP contribution < -0.4 is 5.32 Å². The van der Waals surface area contributed by atoms with Crippen molar-refractivity contribution in [3.63, 3.8) is 0 Å². The Hall–Kier alpha value is -2.37. The minimum absolute atomic E-state index is 0.371. The Kier molecular flexibility index (Phi) is 3.50. The van der Waals surface area contributed by atoms with Gasteiger partial charge in [-0.1, -0.05) is 0 Å². The van der Waals surface area contributed by atoms with Crippen molar-refractivity contribution in [2.24, 2.45) is 0 Å². The Bertz CT molecular complexity index is 547. The van der Waals surface area contributed by atoms with E-state index in [9.17, 15) is 4.79 Å². The van der Waals surface area contributed by atoms with Crippen LogP contribution in [0.3, 0.4) is 0 Å². The van der Waals surface area contributed by atoms with Crippen molar-refractivity contribution in [3.8, 4) is 11.3 Å². The quantitative estimate of drug-likeness (QED) is 0.820. The van der Waals surface area contributed by atoms with Gasteiger partial charge in [0.05, 0.1) is 7.11 Å². The van der Waals surface area contributed by atoms with Gasteiger partial charge in [0, 0.05) is 29.8 Å². The van der Waals surface area contributed by atoms with Crippen LogP contribution in [0.4, 0.5) is 5.95 Å². The average molecular weight is 260 g/mol. The van der Waals surface area contributed by atoms with Gasteiger partial charge in [-0.3, -0.25) is 0 Å². The molecule has 2 heterocycles. The predicted molar refractivity (Wildman–Crippen MR) is 71.5 cm³/mol. The lowest BCUT2D eigenvalue weighted by Gasteiger charge is -2.22. The van der Waals surface area contributed by atoms with Crippen LogP contribution in [0.1, 0.15) is 13.8 Å². The van der Waals surface area contributed by atoms with Crippen molar-refractivity contribution in [1.29, 1.82) is 0 Å². The first-order valence-corrected chi connectivity index (χ1v) is 5.85. The Morgan fingerprint density at radius 2 is 2.05 bits per heavy atom. The molecule has 0 atom stereocenters. The smallest absolute Gasteiger partial charge is 0.330 e. The zero-order valence-corrected chi connectivity index (χ0v) is 11.1. The fourth-order valence-electron chi connectivity index (χ4n) is 1.63. The van der Waals surface area contributed by atoms with Crippen molar-refractivity contribution >= 4 is 11.9 Å². The molecule has 0 spiro atoms. The highest BCUT2D eigenvalue weighted by molar-refractivity contribution is 5.82. The molecule has 0 saturated heterocycles. The van der Waals surface area contributed by atoms with Gasteiger partial charge in [-0.05, 0) is 26.0 Å². The van der Waals surface area contributed by atoms with E-state index in [4.69, 9.17) is 4.74 Å². The van der Waals surface area contributed by atoms with Crippen LogP contribution in [-0.4, -0.2) is 33.6 Å². The van der Waals surface area contributed by atoms with Gasteiger partial charge in [-0.25, -0.2) is 14.8 Å². The van der Waals surface area contributed by atoms with E-state index in [1.165, 1.54) is 7.11 Å². The molecule has 19 heavy (non-hydrogen) atoms. The zero-order valence-electron chi connectivity index (χ0n) is 11.1. The number of hydrogen-bond acceptors (Lipinski definition) is 5. The standard InChI is InChI=1S/C13H16N4O2/c1-13(2,11(18)19-3)17-12-15-7-9(8-16-12)10-5-4-6-14-10/h4-8,14H,1-3H3,(H,15,16,17). The van der Waals surface area contributed by atoms with Gasteiger partial charge in [0.15, 0.2) is 0 Å². The SMILES string of the molecule is COC(=O)C(C)(C)Nc1ncc(-c2ccc[nH]2)cn1. The van der Waals surface area contributed by atoms with E-state index < -0.39 is 5.54 Å². The molecular formula is C13H16N4O2. The molecule has 0 fully saturated rings. The highest BCUT2D eigenvalue weighted by atomic mass is 16.5. The Balaban J connectivity index is 2.13. The van der Waals surface area contributed by atoms with E-state index in [1.807, 2.05) is 18.3 Å². The van der Waals surface area contributed by atoms with Crippen molar-refractivity contribution in [1.82, 2.24) is 15.0 Å². The molecule has 0 aliphatic carbocycles. The number of anilines is 1. The number of methoxy groups -OCH3 is 1. The predicted octanol–water partition coefficient (Wildman–Crippen LogP) is 1.84. The molecule has 0 saturated carbocycles. The lowest BCUT2D eigenvalue weighted by Crippen LogP contribution is -2.41. The van der Waals surface area contributed by atoms with Crippen LogP contribution >= 0.6 is 0 Å². The summed E-state index contributed by atoms with van der Waals surface area (Å²) in [6.45, 7) is 3.42. The molecule has 2 aromatic rings. The number of nitrogens with one attached hydrogen (secondary N) is 2. The van der Waals surface area contributed by atoms with E-state index in [-0.39, 0.29) is 5.97 Å². The number of aromatic nitrogens is 3. The molecular weight excluding hydrogens is 244 g/mol. The highest BCUT2D eigenvalue weighted by Crippen LogP contribution is 2.17. The third kappa shape index (κ3) is 2.90. The molecule has 6 nitrogen and oxygen atoms in total. The molecule has 2 aromatic heterocycles. The second kappa shape index (κ2) is 5.09. The van der Waals surface area contributed by atoms with Gasteiger partial charge < -0.3 is 15.0 Å². The summed E-state index contributed by atoms with van der Waals surface area (Å²) >= 11 is 0. The molecule has 0 radical (unpaired) electrons. The average Bonchev–Trinajstić information content (AvgIpc) is 2.92. The molecule has 0 unspecified atom stereocenters. The number of aromatic amines is 1. The molecule has 0 aliphatic heterocycles. The number of rotatable bonds is 4. The molecule has 0 amide bonds. The second-order valence-corrected chi connectivity index (χ2v) is 4.62. The summed E-state index contributed by atoms with van der Waals surface area (Å²) in [6, 6.07) is 3.84. The molecule has 0 aromatic carbocycles. The number of nitrogens with zero attached hydrogens (tertiary/aromatic N) is 2. The Labute approximate surface area is 111 Å². The van der Waals surface area contributed by atoms with Crippen molar-refractivity contribution in [3.05, 3.63) is 30.7 Å². The summed E-state index contributed by atoms with van der Waals surface area (Å²) in [5, 5.41) is 2.93. The minimum atomic E-state index is -0.872. The fourth-order valence-corrected chi connectivity index (χ4v) is 1.63. The van der Waals surface area contributed by atoms with Crippen molar-refractivity contribution < 1.29 is 9.53 Å². The Morgan fingerprint density at radius 3 is 2.58 bits per heavy atom. The molecule has 2 N–H and O–H groups in total. The van der Waals surface area contributed by atoms with Crippen molar-refractivity contribution in [2.45, 2.75) is 19.4 Å². The molecule has 2 rings (SSSR count). The summed E-state index contributed by atoms with van der Waals surface area (Å²) in [6.07, 6.45) is 5.21. The molecule has 6 heteroatoms. The number of carbonyl (C=O) groups excluding carboxylic acids is 1. The van der Waals surface area contributed by atoms with Crippen LogP contribution in [0.15, 0.2) is 30.7 Å². The summed E-state index contributed by atoms with van der Waals surface area (Å²) < 4.78 is 4.71. The van der Waals surface area contributed by atoms with E-state index in [2.05, 4.69) is 20.3 Å². The maximum absolute atomic E-state index is 11.5. The topological polar surface area (TPSA) is 79.9 Å². The third-order valence-corrected chi connectivity index (χ3v) is 2.68. The maximum Gasteiger partial charge on any atom is 0.330 e. The summed E-state index contributed by atoms with van der Waals surface area (Å²) in [7, 11) is 1.35. The largest absolute Gasteiger partial charge is 0.467 e. The van der Waals surface area contributed by atoms with E-state index in [0.717, 1.165) is 11.3 Å². The summed E-state index contributed by atoms with van der Waals surface area (Å²) in [5.41, 5.74) is 0.952. The molecule has 0 bridgehead atoms. The van der Waals surface area contributed by atoms with Gasteiger partial charge in [0.25, 0.3) is 0 Å². The number of hydrogen-bond donors (Lipinski definition) is 2. The molecule has 100 valence electrons. The monoisotopic (exact) mass is 260 g/mol. The second-order valence-electron chi connectivity index (χ2n) is 4.62. The van der Waals surface area contributed by atoms with Crippen LogP contribution in [0.25, 0.3) is 11.3 Å². The molecule has 0 aliphatic rings. The van der Waals surface area contributed by atoms with Gasteiger partial charge in [0.1, 0.15) is 5.54 Å². The third-order valence-electron chi connectivity index (χ3n) is 2.68. The van der Waals surface area contributed by atoms with Crippen LogP contribution in [0.2, 0.25) is 0 Å². The highest BCUT2D eigenvalue weighted by Gasteiger charge is 2.29. The first-order valence-electron chi connectivity index (χ1n) is 5.85. The van der Waals surface area contributed by atoms with Crippen LogP contribution in [0.5, 0.6) is 0 Å². The lowest BCUT2D eigenvalue weighted by atomic mass is 10.1. The normalized spacial score (nSPS) is 11.1. The lowest BCUT2D eigenvalue weighted by molar-refractivity contribution is -0.144. The van der Waals surface area contributed by atoms with E-state index in [1.54, 1.807) is 26.2 Å². The van der Waals surface area contributed by atoms with E-state index >= 15 is 0 Å². The van der Waals surface area contributed by atoms with Gasteiger partial charge in [0.2, 0.25) is 5.95 Å². The van der Waals surface area contributed by atoms with Crippen molar-refractivity contribution in [2.75, 3.05) is 12.4 Å². The summed E-state index contributed by atoms with van der Waals surface area (Å²) in [5.74, 6) is 0.00949. The Morgan fingerprint density at radius 1 is 1.37 bits per heavy atom. The van der Waals surface area contributed by atoms with Gasteiger partial charge in [-0.2, -0.15) is 0 Å². The zero-order chi connectivity index (χ0) is 13.9. The maximum atomic E-state index is 11.5. The summed E-state index contributed by atoms with van der Waals surface area (Å²) in [4.78, 5) is 23.0. The first-order chi connectivity index (χ1) is 9.03. The number of carbonyl (C=O) groups is 1.